The quantitative estimate of drug-likeness (QED) is 0.857. The van der Waals surface area contributed by atoms with Crippen LogP contribution in [0.5, 0.6) is 0 Å². The molecule has 3 amide bonds. The van der Waals surface area contributed by atoms with E-state index in [9.17, 15) is 19.1 Å². The first-order chi connectivity index (χ1) is 12.0. The average molecular weight is 349 g/mol. The molecule has 0 saturated carbocycles. The number of aliphatic hydroxyl groups is 1. The van der Waals surface area contributed by atoms with Crippen LogP contribution in [-0.4, -0.2) is 65.7 Å². The van der Waals surface area contributed by atoms with Crippen LogP contribution in [-0.2, 0) is 4.79 Å². The predicted octanol–water partition coefficient (Wildman–Crippen LogP) is 1.16. The van der Waals surface area contributed by atoms with E-state index in [0.29, 0.717) is 32.6 Å². The third-order valence-corrected chi connectivity index (χ3v) is 5.22. The predicted molar refractivity (Wildman–Crippen MR) is 90.5 cm³/mol. The second-order valence-electron chi connectivity index (χ2n) is 6.72. The number of carbonyl (C=O) groups excluding carboxylic acids is 2. The molecular weight excluding hydrogens is 325 g/mol. The van der Waals surface area contributed by atoms with Gasteiger partial charge in [-0.2, -0.15) is 0 Å². The fraction of sp³-hybridized carbons (Fsp3) is 0.556. The highest BCUT2D eigenvalue weighted by atomic mass is 19.1. The summed E-state index contributed by atoms with van der Waals surface area (Å²) in [7, 11) is 0. The van der Waals surface area contributed by atoms with Gasteiger partial charge in [-0.05, 0) is 31.0 Å². The molecular formula is C18H24FN3O3. The Morgan fingerprint density at radius 3 is 2.84 bits per heavy atom. The number of amides is 3. The molecule has 1 unspecified atom stereocenters. The van der Waals surface area contributed by atoms with Crippen molar-refractivity contribution in [3.05, 3.63) is 35.6 Å². The smallest absolute Gasteiger partial charge is 0.318 e. The molecule has 3 atom stereocenters. The third kappa shape index (κ3) is 3.61. The lowest BCUT2D eigenvalue weighted by molar-refractivity contribution is -0.129. The molecule has 2 fully saturated rings. The molecule has 1 aromatic carbocycles. The Kier molecular flexibility index (Phi) is 5.22. The van der Waals surface area contributed by atoms with Crippen LogP contribution >= 0.6 is 0 Å². The van der Waals surface area contributed by atoms with Crippen molar-refractivity contribution in [1.29, 1.82) is 0 Å². The number of nitrogens with one attached hydrogen (secondary N) is 1. The highest BCUT2D eigenvalue weighted by Gasteiger charge is 2.38. The number of halogens is 1. The summed E-state index contributed by atoms with van der Waals surface area (Å²) in [6.45, 7) is 3.93. The molecule has 2 N–H and O–H groups in total. The van der Waals surface area contributed by atoms with Crippen LogP contribution < -0.4 is 5.32 Å². The molecule has 0 aromatic heterocycles. The lowest BCUT2D eigenvalue weighted by Crippen LogP contribution is -2.47. The van der Waals surface area contributed by atoms with Gasteiger partial charge in [-0.15, -0.1) is 0 Å². The number of likely N-dealkylation sites (tertiary alicyclic amines) is 2. The minimum absolute atomic E-state index is 0.0459. The first-order valence-corrected chi connectivity index (χ1v) is 8.74. The van der Waals surface area contributed by atoms with Crippen molar-refractivity contribution in [2.24, 2.45) is 5.92 Å². The topological polar surface area (TPSA) is 72.9 Å². The molecule has 6 nitrogen and oxygen atoms in total. The lowest BCUT2D eigenvalue weighted by Gasteiger charge is -2.20. The summed E-state index contributed by atoms with van der Waals surface area (Å²) in [5, 5.41) is 12.4. The Hall–Kier alpha value is -2.15. The van der Waals surface area contributed by atoms with E-state index in [1.165, 1.54) is 12.1 Å². The molecule has 0 bridgehead atoms. The number of hydrogen-bond donors (Lipinski definition) is 2. The molecule has 3 rings (SSSR count). The fourth-order valence-electron chi connectivity index (χ4n) is 3.76. The van der Waals surface area contributed by atoms with Crippen molar-refractivity contribution in [3.8, 4) is 0 Å². The number of urea groups is 1. The largest absolute Gasteiger partial charge is 0.396 e. The molecule has 1 aromatic rings. The summed E-state index contributed by atoms with van der Waals surface area (Å²) in [5.74, 6) is -0.624. The van der Waals surface area contributed by atoms with Crippen LogP contribution in [0.1, 0.15) is 24.8 Å². The standard InChI is InChI=1S/C18H24FN3O3/c1-2-21-7-6-16(17(21)24)20-18(25)22-9-13(11-23)15(10-22)12-4-3-5-14(19)8-12/h3-5,8,13,15-16,23H,2,6-7,9-11H2,1H3,(H,20,25)/t13-,15-,16?/m0/s1. The molecule has 2 aliphatic rings. The normalized spacial score (nSPS) is 26.4. The van der Waals surface area contributed by atoms with Crippen LogP contribution in [0.4, 0.5) is 9.18 Å². The molecule has 25 heavy (non-hydrogen) atoms. The van der Waals surface area contributed by atoms with Gasteiger partial charge in [0.25, 0.3) is 0 Å². The minimum atomic E-state index is -0.478. The van der Waals surface area contributed by atoms with Crippen molar-refractivity contribution in [2.45, 2.75) is 25.3 Å². The molecule has 2 aliphatic heterocycles. The highest BCUT2D eigenvalue weighted by Crippen LogP contribution is 2.32. The number of likely N-dealkylation sites (N-methyl/N-ethyl adjacent to an activating group) is 1. The van der Waals surface area contributed by atoms with Crippen molar-refractivity contribution < 1.29 is 19.1 Å². The van der Waals surface area contributed by atoms with Gasteiger partial charge >= 0.3 is 6.03 Å². The Bertz CT molecular complexity index is 654. The fourth-order valence-corrected chi connectivity index (χ4v) is 3.76. The van der Waals surface area contributed by atoms with Gasteiger partial charge in [0.05, 0.1) is 0 Å². The van der Waals surface area contributed by atoms with Gasteiger partial charge in [-0.25, -0.2) is 9.18 Å². The van der Waals surface area contributed by atoms with E-state index in [1.807, 2.05) is 13.0 Å². The number of aliphatic hydroxyl groups excluding tert-OH is 1. The third-order valence-electron chi connectivity index (χ3n) is 5.22. The Labute approximate surface area is 146 Å². The van der Waals surface area contributed by atoms with E-state index in [2.05, 4.69) is 5.32 Å². The van der Waals surface area contributed by atoms with Gasteiger partial charge in [0.1, 0.15) is 11.9 Å². The summed E-state index contributed by atoms with van der Waals surface area (Å²) in [5.41, 5.74) is 0.781. The van der Waals surface area contributed by atoms with Crippen molar-refractivity contribution in [3.63, 3.8) is 0 Å². The maximum Gasteiger partial charge on any atom is 0.318 e. The summed E-state index contributed by atoms with van der Waals surface area (Å²) < 4.78 is 13.5. The summed E-state index contributed by atoms with van der Waals surface area (Å²) in [6.07, 6.45) is 0.614. The van der Waals surface area contributed by atoms with E-state index in [0.717, 1.165) is 5.56 Å². The molecule has 2 saturated heterocycles. The van der Waals surface area contributed by atoms with Crippen LogP contribution in [0, 0.1) is 11.7 Å². The Morgan fingerprint density at radius 1 is 1.40 bits per heavy atom. The maximum atomic E-state index is 13.5. The van der Waals surface area contributed by atoms with Crippen LogP contribution in [0.2, 0.25) is 0 Å². The van der Waals surface area contributed by atoms with Crippen molar-refractivity contribution >= 4 is 11.9 Å². The highest BCUT2D eigenvalue weighted by molar-refractivity contribution is 5.88. The first-order valence-electron chi connectivity index (χ1n) is 8.74. The van der Waals surface area contributed by atoms with Gasteiger partial charge in [-0.3, -0.25) is 4.79 Å². The van der Waals surface area contributed by atoms with E-state index < -0.39 is 6.04 Å². The first kappa shape index (κ1) is 17.7. The molecule has 136 valence electrons. The summed E-state index contributed by atoms with van der Waals surface area (Å²) in [4.78, 5) is 28.0. The molecule has 2 heterocycles. The lowest BCUT2D eigenvalue weighted by atomic mass is 9.89. The van der Waals surface area contributed by atoms with E-state index in [1.54, 1.807) is 15.9 Å². The number of hydrogen-bond acceptors (Lipinski definition) is 3. The van der Waals surface area contributed by atoms with E-state index in [4.69, 9.17) is 0 Å². The monoisotopic (exact) mass is 349 g/mol. The van der Waals surface area contributed by atoms with Gasteiger partial charge in [0.2, 0.25) is 5.91 Å². The summed E-state index contributed by atoms with van der Waals surface area (Å²) >= 11 is 0. The second-order valence-corrected chi connectivity index (χ2v) is 6.72. The average Bonchev–Trinajstić information content (AvgIpc) is 3.19. The van der Waals surface area contributed by atoms with Crippen LogP contribution in [0.25, 0.3) is 0 Å². The van der Waals surface area contributed by atoms with Crippen molar-refractivity contribution in [2.75, 3.05) is 32.8 Å². The molecule has 0 spiro atoms. The zero-order valence-corrected chi connectivity index (χ0v) is 14.3. The maximum absolute atomic E-state index is 13.5. The number of carbonyl (C=O) groups is 2. The number of benzene rings is 1. The van der Waals surface area contributed by atoms with Gasteiger partial charge in [0.15, 0.2) is 0 Å². The van der Waals surface area contributed by atoms with E-state index >= 15 is 0 Å². The minimum Gasteiger partial charge on any atom is -0.396 e. The SMILES string of the molecule is CCN1CCC(NC(=O)N2C[C@@H](CO)[C@H](c3cccc(F)c3)C2)C1=O. The Morgan fingerprint density at radius 2 is 2.20 bits per heavy atom. The zero-order chi connectivity index (χ0) is 18.0. The number of nitrogens with zero attached hydrogens (tertiary/aromatic N) is 2. The van der Waals surface area contributed by atoms with Gasteiger partial charge < -0.3 is 20.2 Å². The van der Waals surface area contributed by atoms with E-state index in [-0.39, 0.29) is 36.2 Å². The number of rotatable bonds is 4. The molecule has 0 radical (unpaired) electrons. The van der Waals surface area contributed by atoms with Gasteiger partial charge in [-0.1, -0.05) is 12.1 Å². The summed E-state index contributed by atoms with van der Waals surface area (Å²) in [6, 6.07) is 5.51. The van der Waals surface area contributed by atoms with Crippen molar-refractivity contribution in [1.82, 2.24) is 15.1 Å². The molecule has 7 heteroatoms. The van der Waals surface area contributed by atoms with Crippen LogP contribution in [0.3, 0.4) is 0 Å². The second kappa shape index (κ2) is 7.39. The Balaban J connectivity index is 1.65. The molecule has 0 aliphatic carbocycles. The zero-order valence-electron chi connectivity index (χ0n) is 14.3. The van der Waals surface area contributed by atoms with Gasteiger partial charge in [0, 0.05) is 44.6 Å². The van der Waals surface area contributed by atoms with Crippen LogP contribution in [0.15, 0.2) is 24.3 Å².